The van der Waals surface area contributed by atoms with E-state index in [-0.39, 0.29) is 5.91 Å². The maximum Gasteiger partial charge on any atom is 0.240 e. The Morgan fingerprint density at radius 3 is 2.86 bits per heavy atom. The number of ether oxygens (including phenoxy) is 1. The summed E-state index contributed by atoms with van der Waals surface area (Å²) in [5.41, 5.74) is 6.69. The van der Waals surface area contributed by atoms with Gasteiger partial charge in [-0.25, -0.2) is 4.98 Å². The van der Waals surface area contributed by atoms with Crippen molar-refractivity contribution in [1.29, 1.82) is 0 Å². The molecule has 3 N–H and O–H groups in total. The van der Waals surface area contributed by atoms with Gasteiger partial charge in [-0.3, -0.25) is 4.79 Å². The third-order valence-electron chi connectivity index (χ3n) is 4.35. The largest absolute Gasteiger partial charge is 0.381 e. The first-order valence-corrected chi connectivity index (χ1v) is 8.61. The minimum atomic E-state index is -0.750. The summed E-state index contributed by atoms with van der Waals surface area (Å²) in [4.78, 5) is 18.3. The molecule has 1 saturated heterocycles. The summed E-state index contributed by atoms with van der Waals surface area (Å²) in [6.45, 7) is 1.76. The number of nitrogens with one attached hydrogen (secondary N) is 1. The molecule has 0 radical (unpaired) electrons. The topological polar surface area (TPSA) is 77.2 Å². The average molecular weight is 309 g/mol. The van der Waals surface area contributed by atoms with E-state index in [0.717, 1.165) is 17.8 Å². The van der Waals surface area contributed by atoms with Crippen molar-refractivity contribution in [3.8, 4) is 0 Å². The highest BCUT2D eigenvalue weighted by molar-refractivity contribution is 7.11. The predicted molar refractivity (Wildman–Crippen MR) is 82.4 cm³/mol. The first-order valence-electron chi connectivity index (χ1n) is 7.80. The van der Waals surface area contributed by atoms with Crippen molar-refractivity contribution < 1.29 is 9.53 Å². The quantitative estimate of drug-likeness (QED) is 0.876. The second kappa shape index (κ2) is 6.42. The number of hydrogen-bond donors (Lipinski definition) is 2. The molecule has 1 aliphatic heterocycles. The molecular weight excluding hydrogens is 286 g/mol. The smallest absolute Gasteiger partial charge is 0.240 e. The van der Waals surface area contributed by atoms with Crippen molar-refractivity contribution in [2.75, 3.05) is 19.8 Å². The van der Waals surface area contributed by atoms with Gasteiger partial charge in [0.15, 0.2) is 0 Å². The maximum absolute atomic E-state index is 12.2. The first kappa shape index (κ1) is 14.9. The zero-order chi connectivity index (χ0) is 14.7. The van der Waals surface area contributed by atoms with Gasteiger partial charge in [0.2, 0.25) is 5.91 Å². The van der Waals surface area contributed by atoms with Crippen LogP contribution in [0.3, 0.4) is 0 Å². The number of carbonyl (C=O) groups is 1. The van der Waals surface area contributed by atoms with Crippen LogP contribution >= 0.6 is 11.3 Å². The van der Waals surface area contributed by atoms with E-state index in [1.165, 1.54) is 29.8 Å². The summed E-state index contributed by atoms with van der Waals surface area (Å²) in [7, 11) is 0. The Bertz CT molecular complexity index is 486. The highest BCUT2D eigenvalue weighted by Crippen LogP contribution is 2.26. The number of aryl methyl sites for hydroxylation is 2. The molecule has 2 aliphatic rings. The number of nitrogens with zero attached hydrogens (tertiary/aromatic N) is 1. The van der Waals surface area contributed by atoms with Gasteiger partial charge in [-0.15, -0.1) is 11.3 Å². The average Bonchev–Trinajstić information content (AvgIpc) is 2.90. The van der Waals surface area contributed by atoms with Crippen molar-refractivity contribution >= 4 is 17.2 Å². The van der Waals surface area contributed by atoms with E-state index in [0.29, 0.717) is 32.6 Å². The van der Waals surface area contributed by atoms with Crippen LogP contribution in [0.25, 0.3) is 0 Å². The Morgan fingerprint density at radius 1 is 1.33 bits per heavy atom. The highest BCUT2D eigenvalue weighted by atomic mass is 32.1. The fourth-order valence-corrected chi connectivity index (χ4v) is 4.09. The van der Waals surface area contributed by atoms with Gasteiger partial charge >= 0.3 is 0 Å². The van der Waals surface area contributed by atoms with Crippen molar-refractivity contribution in [3.63, 3.8) is 0 Å². The van der Waals surface area contributed by atoms with Gasteiger partial charge in [0.05, 0.1) is 16.2 Å². The molecule has 6 heteroatoms. The summed E-state index contributed by atoms with van der Waals surface area (Å²) < 4.78 is 5.27. The second-order valence-corrected chi connectivity index (χ2v) is 7.13. The zero-order valence-electron chi connectivity index (χ0n) is 12.3. The lowest BCUT2D eigenvalue weighted by molar-refractivity contribution is -0.129. The minimum Gasteiger partial charge on any atom is -0.381 e. The van der Waals surface area contributed by atoms with Gasteiger partial charge in [-0.2, -0.15) is 0 Å². The number of rotatable bonds is 4. The molecule has 0 saturated carbocycles. The Balaban J connectivity index is 1.49. The number of aromatic nitrogens is 1. The number of thiazole rings is 1. The van der Waals surface area contributed by atoms with E-state index in [9.17, 15) is 4.79 Å². The number of nitrogens with two attached hydrogens (primary N) is 1. The Kier molecular flexibility index (Phi) is 4.57. The standard InChI is InChI=1S/C15H23N3O2S/c16-15(6-9-20-10-7-15)14(19)17-8-5-13-18-11-3-1-2-4-12(11)21-13/h1-10,16H2,(H,17,19). The fraction of sp³-hybridized carbons (Fsp3) is 0.733. The van der Waals surface area contributed by atoms with E-state index in [1.54, 1.807) is 0 Å². The van der Waals surface area contributed by atoms with E-state index in [4.69, 9.17) is 15.5 Å². The molecule has 0 atom stereocenters. The maximum atomic E-state index is 12.2. The summed E-state index contributed by atoms with van der Waals surface area (Å²) in [5, 5.41) is 4.11. The fourth-order valence-electron chi connectivity index (χ4n) is 2.93. The molecule has 1 aromatic rings. The SMILES string of the molecule is NC1(C(=O)NCCc2nc3c(s2)CCCC3)CCOCC1. The summed E-state index contributed by atoms with van der Waals surface area (Å²) in [5.74, 6) is -0.0490. The monoisotopic (exact) mass is 309 g/mol. The van der Waals surface area contributed by atoms with Crippen molar-refractivity contribution in [2.45, 2.75) is 50.5 Å². The predicted octanol–water partition coefficient (Wildman–Crippen LogP) is 1.19. The van der Waals surface area contributed by atoms with Gasteiger partial charge in [0.1, 0.15) is 0 Å². The van der Waals surface area contributed by atoms with Crippen LogP contribution in [0, 0.1) is 0 Å². The van der Waals surface area contributed by atoms with Crippen LogP contribution < -0.4 is 11.1 Å². The van der Waals surface area contributed by atoms with Crippen LogP contribution in [0.15, 0.2) is 0 Å². The van der Waals surface area contributed by atoms with E-state index in [1.807, 2.05) is 11.3 Å². The molecule has 1 amide bonds. The third kappa shape index (κ3) is 3.44. The highest BCUT2D eigenvalue weighted by Gasteiger charge is 2.35. The lowest BCUT2D eigenvalue weighted by Gasteiger charge is -2.31. The summed E-state index contributed by atoms with van der Waals surface area (Å²) in [6, 6.07) is 0. The molecule has 1 aliphatic carbocycles. The van der Waals surface area contributed by atoms with E-state index >= 15 is 0 Å². The van der Waals surface area contributed by atoms with Gasteiger partial charge < -0.3 is 15.8 Å². The number of fused-ring (bicyclic) bond motifs is 1. The normalized spacial score (nSPS) is 20.8. The Hall–Kier alpha value is -0.980. The van der Waals surface area contributed by atoms with Gasteiger partial charge in [0.25, 0.3) is 0 Å². The molecule has 3 rings (SSSR count). The van der Waals surface area contributed by atoms with Gasteiger partial charge in [-0.05, 0) is 38.5 Å². The van der Waals surface area contributed by atoms with Crippen LogP contribution in [-0.4, -0.2) is 36.2 Å². The molecule has 2 heterocycles. The molecule has 0 aromatic carbocycles. The molecule has 21 heavy (non-hydrogen) atoms. The minimum absolute atomic E-state index is 0.0490. The van der Waals surface area contributed by atoms with Crippen LogP contribution in [0.5, 0.6) is 0 Å². The lowest BCUT2D eigenvalue weighted by atomic mass is 9.90. The van der Waals surface area contributed by atoms with Gasteiger partial charge in [0, 0.05) is 31.1 Å². The van der Waals surface area contributed by atoms with Crippen LogP contribution in [0.2, 0.25) is 0 Å². The van der Waals surface area contributed by atoms with Gasteiger partial charge in [-0.1, -0.05) is 0 Å². The summed E-state index contributed by atoms with van der Waals surface area (Å²) >= 11 is 1.81. The molecule has 116 valence electrons. The molecule has 5 nitrogen and oxygen atoms in total. The van der Waals surface area contributed by atoms with E-state index < -0.39 is 5.54 Å². The molecule has 1 fully saturated rings. The first-order chi connectivity index (χ1) is 10.2. The van der Waals surface area contributed by atoms with Crippen molar-refractivity contribution in [1.82, 2.24) is 10.3 Å². The Labute approximate surface area is 129 Å². The summed E-state index contributed by atoms with van der Waals surface area (Å²) in [6.07, 6.45) is 6.83. The number of hydrogen-bond acceptors (Lipinski definition) is 5. The molecule has 0 bridgehead atoms. The molecule has 0 unspecified atom stereocenters. The van der Waals surface area contributed by atoms with Crippen LogP contribution in [0.1, 0.15) is 41.3 Å². The molecule has 0 spiro atoms. The number of carbonyl (C=O) groups excluding carboxylic acids is 1. The van der Waals surface area contributed by atoms with Crippen molar-refractivity contribution in [2.24, 2.45) is 5.73 Å². The van der Waals surface area contributed by atoms with E-state index in [2.05, 4.69) is 5.32 Å². The van der Waals surface area contributed by atoms with Crippen LogP contribution in [0.4, 0.5) is 0 Å². The number of amides is 1. The molecular formula is C15H23N3O2S. The molecule has 1 aromatic heterocycles. The Morgan fingerprint density at radius 2 is 2.10 bits per heavy atom. The van der Waals surface area contributed by atoms with Crippen molar-refractivity contribution in [3.05, 3.63) is 15.6 Å². The second-order valence-electron chi connectivity index (χ2n) is 5.96. The zero-order valence-corrected chi connectivity index (χ0v) is 13.1. The van der Waals surface area contributed by atoms with Crippen LogP contribution in [-0.2, 0) is 28.8 Å². The lowest BCUT2D eigenvalue weighted by Crippen LogP contribution is -2.57. The third-order valence-corrected chi connectivity index (χ3v) is 5.57.